The van der Waals surface area contributed by atoms with Crippen molar-refractivity contribution in [3.8, 4) is 11.5 Å². The van der Waals surface area contributed by atoms with Crippen LogP contribution in [0.2, 0.25) is 0 Å². The molecule has 5 heteroatoms. The van der Waals surface area contributed by atoms with Gasteiger partial charge >= 0.3 is 80.9 Å². The van der Waals surface area contributed by atoms with Gasteiger partial charge in [-0.1, -0.05) is 12.1 Å². The third-order valence-corrected chi connectivity index (χ3v) is 0.882. The summed E-state index contributed by atoms with van der Waals surface area (Å²) >= 11 is 0. The Kier molecular flexibility index (Phi) is 17.1. The van der Waals surface area contributed by atoms with E-state index in [1.54, 1.807) is 12.1 Å². The molecule has 0 bridgehead atoms. The molecule has 0 aliphatic heterocycles. The predicted molar refractivity (Wildman–Crippen MR) is 32.0 cm³/mol. The van der Waals surface area contributed by atoms with E-state index in [1.807, 2.05) is 0 Å². The molecule has 0 unspecified atom stereocenters. The summed E-state index contributed by atoms with van der Waals surface area (Å²) in [6.45, 7) is 0. The van der Waals surface area contributed by atoms with Crippen molar-refractivity contribution in [2.24, 2.45) is 0 Å². The molecule has 0 atom stereocenters. The van der Waals surface area contributed by atoms with Gasteiger partial charge in [0.2, 0.25) is 0 Å². The van der Waals surface area contributed by atoms with Crippen molar-refractivity contribution in [2.45, 2.75) is 0 Å². The van der Waals surface area contributed by atoms with Crippen molar-refractivity contribution in [2.75, 3.05) is 0 Å². The van der Waals surface area contributed by atoms with Gasteiger partial charge < -0.3 is 13.1 Å². The van der Waals surface area contributed by atoms with Gasteiger partial charge in [0.25, 0.3) is 0 Å². The minimum Gasteiger partial charge on any atom is -1.00 e. The molecule has 0 radical (unpaired) electrons. The first kappa shape index (κ1) is 18.7. The number of aromatic hydroxyl groups is 2. The maximum Gasteiger partial charge on any atom is 1.00 e. The molecule has 0 amide bonds. The van der Waals surface area contributed by atoms with E-state index in [1.165, 1.54) is 12.1 Å². The van der Waals surface area contributed by atoms with Gasteiger partial charge in [0.1, 0.15) is 0 Å². The van der Waals surface area contributed by atoms with E-state index in [-0.39, 0.29) is 112 Å². The van der Waals surface area contributed by atoms with Crippen LogP contribution in [0.5, 0.6) is 11.5 Å². The zero-order chi connectivity index (χ0) is 5.98. The Balaban J connectivity index is -0.0000000427. The summed E-state index contributed by atoms with van der Waals surface area (Å²) in [6.07, 6.45) is 0. The summed E-state index contributed by atoms with van der Waals surface area (Å²) in [5.74, 6) is -0.153. The number of rotatable bonds is 0. The Morgan fingerprint density at radius 2 is 1.27 bits per heavy atom. The van der Waals surface area contributed by atoms with Crippen LogP contribution in [-0.2, 0) is 17.1 Å². The normalized spacial score (nSPS) is 6.55. The fourth-order valence-electron chi connectivity index (χ4n) is 0.464. The van der Waals surface area contributed by atoms with Crippen LogP contribution in [0.15, 0.2) is 24.3 Å². The Morgan fingerprint density at radius 1 is 1.00 bits per heavy atom. The van der Waals surface area contributed by atoms with Crippen molar-refractivity contribution in [1.29, 1.82) is 0 Å². The molecule has 2 N–H and O–H groups in total. The van der Waals surface area contributed by atoms with Crippen LogP contribution >= 0.6 is 0 Å². The monoisotopic (exact) mass is 230 g/mol. The molecule has 0 aliphatic rings. The van der Waals surface area contributed by atoms with Crippen LogP contribution in [0, 0.1) is 0 Å². The molecule has 0 saturated carbocycles. The van der Waals surface area contributed by atoms with Gasteiger partial charge in [0.05, 0.1) is 0 Å². The molecule has 0 spiro atoms. The van der Waals surface area contributed by atoms with Gasteiger partial charge in [-0.05, 0) is 12.1 Å². The molecule has 54 valence electrons. The van der Waals surface area contributed by atoms with Crippen LogP contribution in [0.3, 0.4) is 0 Å². The molecule has 1 aromatic carbocycles. The minimum absolute atomic E-state index is 0. The minimum atomic E-state index is -0.0764. The molecule has 1 rings (SSSR count). The average Bonchev–Trinajstić information content (AvgIpc) is 1.77. The van der Waals surface area contributed by atoms with Gasteiger partial charge in [0, 0.05) is 17.1 Å². The second kappa shape index (κ2) is 10.1. The summed E-state index contributed by atoms with van der Waals surface area (Å²) in [7, 11) is 0. The maximum atomic E-state index is 8.67. The van der Waals surface area contributed by atoms with Crippen molar-refractivity contribution in [1.82, 2.24) is 0 Å². The number of hydrogen-bond acceptors (Lipinski definition) is 2. The van der Waals surface area contributed by atoms with E-state index in [0.29, 0.717) is 0 Å². The van der Waals surface area contributed by atoms with E-state index in [0.717, 1.165) is 0 Å². The molecule has 2 nitrogen and oxygen atoms in total. The molecule has 0 heterocycles. The number of para-hydroxylation sites is 2. The number of phenolic OH excluding ortho intramolecular Hbond substituents is 2. The first-order valence-electron chi connectivity index (χ1n) is 2.27. The SMILES string of the molecule is Oc1ccccc1O.[Fe].[H-].[H-].[K+].[Na+]. The molecule has 0 saturated heterocycles. The Hall–Kier alpha value is 1.98. The van der Waals surface area contributed by atoms with Crippen LogP contribution in [-0.4, -0.2) is 10.2 Å². The topological polar surface area (TPSA) is 40.5 Å². The summed E-state index contributed by atoms with van der Waals surface area (Å²) in [5, 5.41) is 17.3. The summed E-state index contributed by atoms with van der Waals surface area (Å²) in [6, 6.07) is 6.15. The molecular weight excluding hydrogens is 222 g/mol. The second-order valence-electron chi connectivity index (χ2n) is 1.49. The number of benzene rings is 1. The standard InChI is InChI=1S/C6H6O2.Fe.K.Na.2H/c7-5-3-1-2-4-6(5)8;;;;;/h1-4,7-8H;;;;;/q;;2*+1;2*-1. The van der Waals surface area contributed by atoms with E-state index in [9.17, 15) is 0 Å². The summed E-state index contributed by atoms with van der Waals surface area (Å²) in [4.78, 5) is 0. The van der Waals surface area contributed by atoms with Gasteiger partial charge in [-0.25, -0.2) is 0 Å². The van der Waals surface area contributed by atoms with E-state index in [2.05, 4.69) is 0 Å². The van der Waals surface area contributed by atoms with E-state index in [4.69, 9.17) is 10.2 Å². The van der Waals surface area contributed by atoms with Crippen molar-refractivity contribution in [3.05, 3.63) is 24.3 Å². The summed E-state index contributed by atoms with van der Waals surface area (Å²) in [5.41, 5.74) is 0. The average molecular weight is 230 g/mol. The molecule has 0 aromatic heterocycles. The van der Waals surface area contributed by atoms with Gasteiger partial charge in [-0.15, -0.1) is 0 Å². The smallest absolute Gasteiger partial charge is 1.00 e. The third-order valence-electron chi connectivity index (χ3n) is 0.882. The Morgan fingerprint density at radius 3 is 1.45 bits per heavy atom. The molecule has 1 aromatic rings. The quantitative estimate of drug-likeness (QED) is 0.347. The van der Waals surface area contributed by atoms with Gasteiger partial charge in [0.15, 0.2) is 11.5 Å². The summed E-state index contributed by atoms with van der Waals surface area (Å²) < 4.78 is 0. The Bertz CT molecular complexity index is 185. The van der Waals surface area contributed by atoms with Crippen molar-refractivity contribution in [3.63, 3.8) is 0 Å². The first-order valence-corrected chi connectivity index (χ1v) is 2.27. The van der Waals surface area contributed by atoms with E-state index < -0.39 is 0 Å². The second-order valence-corrected chi connectivity index (χ2v) is 1.49. The zero-order valence-corrected chi connectivity index (χ0v) is 12.8. The fraction of sp³-hybridized carbons (Fsp3) is 0. The molecule has 0 fully saturated rings. The number of phenols is 2. The van der Waals surface area contributed by atoms with Gasteiger partial charge in [-0.2, -0.15) is 0 Å². The first-order chi connectivity index (χ1) is 3.80. The van der Waals surface area contributed by atoms with Crippen molar-refractivity contribution < 1.29 is 111 Å². The van der Waals surface area contributed by atoms with Crippen LogP contribution in [0.4, 0.5) is 0 Å². The van der Waals surface area contributed by atoms with Crippen LogP contribution in [0.25, 0.3) is 0 Å². The van der Waals surface area contributed by atoms with Crippen molar-refractivity contribution >= 4 is 0 Å². The third kappa shape index (κ3) is 7.08. The zero-order valence-electron chi connectivity index (χ0n) is 8.56. The largest absolute Gasteiger partial charge is 1.00 e. The number of hydrogen-bond donors (Lipinski definition) is 2. The van der Waals surface area contributed by atoms with Crippen LogP contribution in [0.1, 0.15) is 2.85 Å². The Labute approximate surface area is 144 Å². The molecule has 11 heavy (non-hydrogen) atoms. The maximum absolute atomic E-state index is 8.67. The molecule has 0 aliphatic carbocycles. The fourth-order valence-corrected chi connectivity index (χ4v) is 0.464. The van der Waals surface area contributed by atoms with Crippen LogP contribution < -0.4 is 80.9 Å². The van der Waals surface area contributed by atoms with E-state index >= 15 is 0 Å². The van der Waals surface area contributed by atoms with Gasteiger partial charge in [-0.3, -0.25) is 0 Å². The molecular formula is C6H8FeKNaO2. The predicted octanol–water partition coefficient (Wildman–Crippen LogP) is -4.67.